The Kier molecular flexibility index (Phi) is 8.41. The Morgan fingerprint density at radius 2 is 1.78 bits per heavy atom. The van der Waals surface area contributed by atoms with E-state index in [0.717, 1.165) is 35.3 Å². The van der Waals surface area contributed by atoms with Crippen molar-refractivity contribution >= 4 is 27.3 Å². The summed E-state index contributed by atoms with van der Waals surface area (Å²) in [7, 11) is -2.22. The van der Waals surface area contributed by atoms with Gasteiger partial charge in [-0.2, -0.15) is 4.31 Å². The molecule has 1 aliphatic rings. The molecule has 1 aliphatic heterocycles. The van der Waals surface area contributed by atoms with E-state index in [1.54, 1.807) is 18.4 Å². The fourth-order valence-corrected chi connectivity index (χ4v) is 8.04. The third-order valence-electron chi connectivity index (χ3n) is 6.99. The lowest BCUT2D eigenvalue weighted by Crippen LogP contribution is -2.47. The Bertz CT molecular complexity index is 1340. The van der Waals surface area contributed by atoms with Crippen LogP contribution in [0.1, 0.15) is 58.5 Å². The van der Waals surface area contributed by atoms with E-state index in [0.29, 0.717) is 35.5 Å². The van der Waals surface area contributed by atoms with Crippen LogP contribution in [0.25, 0.3) is 0 Å². The van der Waals surface area contributed by atoms with Crippen molar-refractivity contribution in [3.05, 3.63) is 80.5 Å². The number of benzene rings is 2. The smallest absolute Gasteiger partial charge is 0.244 e. The molecule has 1 atom stereocenters. The van der Waals surface area contributed by atoms with Gasteiger partial charge < -0.3 is 9.64 Å². The molecule has 0 saturated heterocycles. The molecular weight excluding hydrogens is 504 g/mol. The quantitative estimate of drug-likeness (QED) is 0.352. The summed E-state index contributed by atoms with van der Waals surface area (Å²) in [6.07, 6.45) is 2.29. The van der Waals surface area contributed by atoms with E-state index in [1.165, 1.54) is 9.18 Å². The van der Waals surface area contributed by atoms with E-state index in [4.69, 9.17) is 4.74 Å². The Labute approximate surface area is 224 Å². The summed E-state index contributed by atoms with van der Waals surface area (Å²) in [5, 5.41) is 2.07. The highest BCUT2D eigenvalue weighted by molar-refractivity contribution is 7.89. The molecule has 8 heteroatoms. The monoisotopic (exact) mass is 540 g/mol. The molecule has 0 bridgehead atoms. The van der Waals surface area contributed by atoms with E-state index in [-0.39, 0.29) is 18.5 Å². The average molecular weight is 541 g/mol. The molecule has 2 heterocycles. The molecule has 2 aromatic carbocycles. The second kappa shape index (κ2) is 11.4. The minimum Gasteiger partial charge on any atom is -0.497 e. The highest BCUT2D eigenvalue weighted by atomic mass is 32.2. The maximum absolute atomic E-state index is 13.9. The maximum Gasteiger partial charge on any atom is 0.244 e. The zero-order chi connectivity index (χ0) is 26.7. The van der Waals surface area contributed by atoms with Crippen LogP contribution in [0.2, 0.25) is 0 Å². The number of thiophene rings is 1. The Morgan fingerprint density at radius 1 is 1.11 bits per heavy atom. The molecule has 4 rings (SSSR count). The van der Waals surface area contributed by atoms with Crippen LogP contribution in [0.4, 0.5) is 0 Å². The Hall–Kier alpha value is -2.68. The molecule has 0 fully saturated rings. The first-order valence-electron chi connectivity index (χ1n) is 12.7. The zero-order valence-electron chi connectivity index (χ0n) is 22.3. The van der Waals surface area contributed by atoms with E-state index in [9.17, 15) is 13.2 Å². The molecule has 1 aromatic heterocycles. The Morgan fingerprint density at radius 3 is 2.41 bits per heavy atom. The van der Waals surface area contributed by atoms with Gasteiger partial charge in [0.2, 0.25) is 15.9 Å². The van der Waals surface area contributed by atoms with Gasteiger partial charge in [-0.3, -0.25) is 4.79 Å². The third kappa shape index (κ3) is 5.61. The van der Waals surface area contributed by atoms with Crippen LogP contribution in [0.3, 0.4) is 0 Å². The van der Waals surface area contributed by atoms with Crippen molar-refractivity contribution in [2.75, 3.05) is 26.7 Å². The number of rotatable bonds is 9. The fraction of sp³-hybridized carbons (Fsp3) is 0.414. The number of sulfonamides is 1. The summed E-state index contributed by atoms with van der Waals surface area (Å²) >= 11 is 1.71. The van der Waals surface area contributed by atoms with Gasteiger partial charge in [-0.25, -0.2) is 8.42 Å². The van der Waals surface area contributed by atoms with Gasteiger partial charge >= 0.3 is 0 Å². The van der Waals surface area contributed by atoms with Crippen LogP contribution in [0.5, 0.6) is 5.75 Å². The zero-order valence-corrected chi connectivity index (χ0v) is 23.9. The number of carbonyl (C=O) groups excluding carboxylic acids is 1. The number of ether oxygens (including phenoxy) is 1. The second-order valence-corrected chi connectivity index (χ2v) is 12.6. The molecule has 1 unspecified atom stereocenters. The molecule has 1 amide bonds. The first-order valence-corrected chi connectivity index (χ1v) is 15.1. The molecule has 37 heavy (non-hydrogen) atoms. The van der Waals surface area contributed by atoms with Crippen molar-refractivity contribution in [3.8, 4) is 5.75 Å². The summed E-state index contributed by atoms with van der Waals surface area (Å²) in [5.74, 6) is 0.573. The lowest BCUT2D eigenvalue weighted by Gasteiger charge is -2.37. The van der Waals surface area contributed by atoms with Crippen LogP contribution < -0.4 is 4.74 Å². The number of carbonyl (C=O) groups is 1. The number of hydrogen-bond donors (Lipinski definition) is 0. The fourth-order valence-electron chi connectivity index (χ4n) is 5.29. The van der Waals surface area contributed by atoms with Crippen molar-refractivity contribution in [1.82, 2.24) is 9.21 Å². The van der Waals surface area contributed by atoms with Crippen molar-refractivity contribution in [2.45, 2.75) is 57.9 Å². The number of unbranched alkanes of at least 4 members (excludes halogenated alkanes) is 1. The highest BCUT2D eigenvalue weighted by Gasteiger charge is 2.36. The van der Waals surface area contributed by atoms with Gasteiger partial charge in [0.05, 0.1) is 24.6 Å². The topological polar surface area (TPSA) is 66.9 Å². The Balaban J connectivity index is 1.69. The minimum absolute atomic E-state index is 0.179. The maximum atomic E-state index is 13.9. The van der Waals surface area contributed by atoms with Gasteiger partial charge in [-0.15, -0.1) is 11.3 Å². The molecular formula is C29H36N2O4S2. The minimum atomic E-state index is -3.85. The summed E-state index contributed by atoms with van der Waals surface area (Å²) in [6, 6.07) is 13.4. The average Bonchev–Trinajstić information content (AvgIpc) is 3.34. The number of amides is 1. The van der Waals surface area contributed by atoms with Crippen molar-refractivity contribution in [1.29, 1.82) is 0 Å². The number of fused-ring (bicyclic) bond motifs is 1. The van der Waals surface area contributed by atoms with E-state index in [2.05, 4.69) is 11.4 Å². The van der Waals surface area contributed by atoms with Crippen LogP contribution in [0, 0.1) is 20.8 Å². The molecule has 0 N–H and O–H groups in total. The van der Waals surface area contributed by atoms with E-state index < -0.39 is 10.0 Å². The normalized spacial score (nSPS) is 15.6. The molecule has 6 nitrogen and oxygen atoms in total. The third-order valence-corrected chi connectivity index (χ3v) is 10.1. The molecule has 198 valence electrons. The highest BCUT2D eigenvalue weighted by Crippen LogP contribution is 2.38. The lowest BCUT2D eigenvalue weighted by atomic mass is 9.93. The van der Waals surface area contributed by atoms with Gasteiger partial charge in [0.15, 0.2) is 0 Å². The summed E-state index contributed by atoms with van der Waals surface area (Å²) in [4.78, 5) is 17.3. The van der Waals surface area contributed by atoms with Crippen molar-refractivity contribution in [2.24, 2.45) is 0 Å². The standard InChI is InChI=1S/C29H36N2O4S2/c1-6-7-14-30(37(33,34)29-21(3)17-20(2)18-22(29)4)19-27(32)31-15-12-26-25(13-16-36-26)28(31)23-8-10-24(35-5)11-9-23/h8-11,13,16-18,28H,6-7,12,14-15,19H2,1-5H3. The predicted molar refractivity (Wildman–Crippen MR) is 149 cm³/mol. The van der Waals surface area contributed by atoms with E-state index >= 15 is 0 Å². The van der Waals surface area contributed by atoms with Gasteiger partial charge in [-0.05, 0) is 79.4 Å². The summed E-state index contributed by atoms with van der Waals surface area (Å²) in [5.41, 5.74) is 4.55. The van der Waals surface area contributed by atoms with Gasteiger partial charge in [-0.1, -0.05) is 43.2 Å². The van der Waals surface area contributed by atoms with Crippen LogP contribution >= 0.6 is 11.3 Å². The second-order valence-electron chi connectivity index (χ2n) is 9.73. The van der Waals surface area contributed by atoms with Crippen LogP contribution in [0.15, 0.2) is 52.7 Å². The lowest BCUT2D eigenvalue weighted by molar-refractivity contribution is -0.133. The van der Waals surface area contributed by atoms with Gasteiger partial charge in [0.1, 0.15) is 5.75 Å². The number of aryl methyl sites for hydroxylation is 3. The van der Waals surface area contributed by atoms with Crippen molar-refractivity contribution in [3.63, 3.8) is 0 Å². The largest absolute Gasteiger partial charge is 0.497 e. The van der Waals surface area contributed by atoms with Crippen LogP contribution in [-0.2, 0) is 21.2 Å². The van der Waals surface area contributed by atoms with Gasteiger partial charge in [0, 0.05) is 18.0 Å². The van der Waals surface area contributed by atoms with Gasteiger partial charge in [0.25, 0.3) is 0 Å². The molecule has 0 aliphatic carbocycles. The summed E-state index contributed by atoms with van der Waals surface area (Å²) in [6.45, 7) is 8.32. The summed E-state index contributed by atoms with van der Waals surface area (Å²) < 4.78 is 34.6. The SMILES string of the molecule is CCCCN(CC(=O)N1CCc2sccc2C1c1ccc(OC)cc1)S(=O)(=O)c1c(C)cc(C)cc1C. The molecule has 0 saturated carbocycles. The molecule has 0 spiro atoms. The first kappa shape index (κ1) is 27.4. The van der Waals surface area contributed by atoms with E-state index in [1.807, 2.05) is 69.0 Å². The number of methoxy groups -OCH3 is 1. The van der Waals surface area contributed by atoms with Crippen molar-refractivity contribution < 1.29 is 17.9 Å². The number of nitrogens with zero attached hydrogens (tertiary/aromatic N) is 2. The predicted octanol–water partition coefficient (Wildman–Crippen LogP) is 5.65. The number of hydrogen-bond acceptors (Lipinski definition) is 5. The molecule has 0 radical (unpaired) electrons. The first-order chi connectivity index (χ1) is 17.7. The van der Waals surface area contributed by atoms with Crippen LogP contribution in [-0.4, -0.2) is 50.3 Å². The molecule has 3 aromatic rings.